The minimum atomic E-state index is -0.733. The van der Waals surface area contributed by atoms with Gasteiger partial charge >= 0.3 is 5.97 Å². The van der Waals surface area contributed by atoms with Crippen molar-refractivity contribution in [1.29, 1.82) is 0 Å². The molecule has 5 nitrogen and oxygen atoms in total. The van der Waals surface area contributed by atoms with E-state index in [1.165, 1.54) is 5.56 Å². The van der Waals surface area contributed by atoms with Gasteiger partial charge in [0, 0.05) is 31.0 Å². The van der Waals surface area contributed by atoms with E-state index in [1.807, 2.05) is 17.8 Å². The summed E-state index contributed by atoms with van der Waals surface area (Å²) >= 11 is 0. The zero-order valence-corrected chi connectivity index (χ0v) is 11.6. The Morgan fingerprint density at radius 1 is 1.35 bits per heavy atom. The molecule has 0 unspecified atom stereocenters. The Labute approximate surface area is 118 Å². The second kappa shape index (κ2) is 6.86. The monoisotopic (exact) mass is 273 g/mol. The van der Waals surface area contributed by atoms with E-state index in [0.717, 1.165) is 18.8 Å². The number of aliphatic carboxylic acids is 1. The van der Waals surface area contributed by atoms with Crippen LogP contribution in [0.15, 0.2) is 43.0 Å². The second-order valence-corrected chi connectivity index (χ2v) is 4.87. The highest BCUT2D eigenvalue weighted by molar-refractivity contribution is 5.66. The van der Waals surface area contributed by atoms with Gasteiger partial charge in [0.25, 0.3) is 0 Å². The van der Waals surface area contributed by atoms with Crippen molar-refractivity contribution in [3.8, 4) is 5.69 Å². The number of carboxylic acids is 1. The normalized spacial score (nSPS) is 10.9. The predicted octanol–water partition coefficient (Wildman–Crippen LogP) is 2.17. The molecule has 0 fully saturated rings. The van der Waals surface area contributed by atoms with Crippen LogP contribution in [0.4, 0.5) is 0 Å². The van der Waals surface area contributed by atoms with E-state index < -0.39 is 5.97 Å². The minimum absolute atomic E-state index is 0.226. The zero-order valence-electron chi connectivity index (χ0n) is 11.6. The largest absolute Gasteiger partial charge is 0.481 e. The van der Waals surface area contributed by atoms with Crippen LogP contribution < -0.4 is 0 Å². The summed E-state index contributed by atoms with van der Waals surface area (Å²) in [7, 11) is 2.01. The number of imidazole rings is 1. The maximum absolute atomic E-state index is 10.5. The average molecular weight is 273 g/mol. The molecule has 2 aromatic rings. The fourth-order valence-electron chi connectivity index (χ4n) is 2.08. The molecule has 2 rings (SSSR count). The fourth-order valence-corrected chi connectivity index (χ4v) is 2.08. The van der Waals surface area contributed by atoms with Crippen molar-refractivity contribution in [3.63, 3.8) is 0 Å². The predicted molar refractivity (Wildman–Crippen MR) is 76.8 cm³/mol. The number of benzene rings is 1. The number of carboxylic acid groups (broad SMARTS) is 1. The molecule has 1 aromatic heterocycles. The molecule has 0 aliphatic carbocycles. The second-order valence-electron chi connectivity index (χ2n) is 4.87. The van der Waals surface area contributed by atoms with Crippen molar-refractivity contribution >= 4 is 5.97 Å². The molecule has 0 bridgehead atoms. The van der Waals surface area contributed by atoms with Crippen LogP contribution in [0.3, 0.4) is 0 Å². The number of carbonyl (C=O) groups is 1. The van der Waals surface area contributed by atoms with E-state index in [0.29, 0.717) is 6.42 Å². The van der Waals surface area contributed by atoms with Gasteiger partial charge in [0.15, 0.2) is 0 Å². The summed E-state index contributed by atoms with van der Waals surface area (Å²) in [6.45, 7) is 1.61. The molecule has 0 saturated carbocycles. The van der Waals surface area contributed by atoms with Gasteiger partial charge in [-0.25, -0.2) is 4.98 Å². The molecular formula is C15H19N3O2. The van der Waals surface area contributed by atoms with Gasteiger partial charge in [-0.1, -0.05) is 12.1 Å². The average Bonchev–Trinajstić information content (AvgIpc) is 2.93. The maximum Gasteiger partial charge on any atom is 0.303 e. The molecule has 1 heterocycles. The van der Waals surface area contributed by atoms with Crippen LogP contribution in [-0.2, 0) is 11.3 Å². The highest BCUT2D eigenvalue weighted by atomic mass is 16.4. The molecular weight excluding hydrogens is 254 g/mol. The Kier molecular flexibility index (Phi) is 4.90. The quantitative estimate of drug-likeness (QED) is 0.840. The molecule has 0 amide bonds. The van der Waals surface area contributed by atoms with Crippen LogP contribution in [0.25, 0.3) is 5.69 Å². The summed E-state index contributed by atoms with van der Waals surface area (Å²) in [4.78, 5) is 16.6. The van der Waals surface area contributed by atoms with E-state index in [1.54, 1.807) is 12.5 Å². The lowest BCUT2D eigenvalue weighted by Gasteiger charge is -2.16. The first kappa shape index (κ1) is 14.3. The van der Waals surface area contributed by atoms with Crippen molar-refractivity contribution in [2.75, 3.05) is 13.6 Å². The molecule has 0 radical (unpaired) electrons. The SMILES string of the molecule is CN(CCCC(=O)O)Cc1ccc(-n2ccnc2)cc1. The van der Waals surface area contributed by atoms with Crippen LogP contribution in [-0.4, -0.2) is 39.1 Å². The molecule has 0 aliphatic rings. The Morgan fingerprint density at radius 2 is 2.10 bits per heavy atom. The topological polar surface area (TPSA) is 58.4 Å². The van der Waals surface area contributed by atoms with Crippen molar-refractivity contribution in [3.05, 3.63) is 48.5 Å². The van der Waals surface area contributed by atoms with Crippen LogP contribution in [0, 0.1) is 0 Å². The Balaban J connectivity index is 1.86. The van der Waals surface area contributed by atoms with Crippen molar-refractivity contribution < 1.29 is 9.90 Å². The van der Waals surface area contributed by atoms with Gasteiger partial charge in [0.2, 0.25) is 0 Å². The Bertz CT molecular complexity index is 535. The molecule has 1 N–H and O–H groups in total. The third-order valence-corrected chi connectivity index (χ3v) is 3.12. The maximum atomic E-state index is 10.5. The summed E-state index contributed by atoms with van der Waals surface area (Å²) < 4.78 is 1.96. The highest BCUT2D eigenvalue weighted by Crippen LogP contribution is 2.11. The van der Waals surface area contributed by atoms with Gasteiger partial charge in [-0.2, -0.15) is 0 Å². The van der Waals surface area contributed by atoms with E-state index >= 15 is 0 Å². The van der Waals surface area contributed by atoms with E-state index in [9.17, 15) is 4.79 Å². The highest BCUT2D eigenvalue weighted by Gasteiger charge is 2.03. The first-order valence-electron chi connectivity index (χ1n) is 6.63. The van der Waals surface area contributed by atoms with Crippen LogP contribution in [0.2, 0.25) is 0 Å². The lowest BCUT2D eigenvalue weighted by molar-refractivity contribution is -0.137. The van der Waals surface area contributed by atoms with Gasteiger partial charge in [-0.3, -0.25) is 4.79 Å². The van der Waals surface area contributed by atoms with Crippen LogP contribution >= 0.6 is 0 Å². The number of rotatable bonds is 7. The van der Waals surface area contributed by atoms with Gasteiger partial charge in [0.05, 0.1) is 6.33 Å². The van der Waals surface area contributed by atoms with Crippen molar-refractivity contribution in [2.24, 2.45) is 0 Å². The summed E-state index contributed by atoms with van der Waals surface area (Å²) in [6, 6.07) is 8.29. The van der Waals surface area contributed by atoms with Gasteiger partial charge in [-0.05, 0) is 37.7 Å². The summed E-state index contributed by atoms with van der Waals surface area (Å²) in [5, 5.41) is 8.61. The first-order valence-corrected chi connectivity index (χ1v) is 6.63. The molecule has 5 heteroatoms. The van der Waals surface area contributed by atoms with E-state index in [-0.39, 0.29) is 6.42 Å². The number of hydrogen-bond donors (Lipinski definition) is 1. The van der Waals surface area contributed by atoms with Gasteiger partial charge in [-0.15, -0.1) is 0 Å². The first-order chi connectivity index (χ1) is 9.65. The third-order valence-electron chi connectivity index (χ3n) is 3.12. The summed E-state index contributed by atoms with van der Waals surface area (Å²) in [5.41, 5.74) is 2.30. The lowest BCUT2D eigenvalue weighted by Crippen LogP contribution is -2.19. The number of hydrogen-bond acceptors (Lipinski definition) is 3. The van der Waals surface area contributed by atoms with E-state index in [4.69, 9.17) is 5.11 Å². The van der Waals surface area contributed by atoms with Crippen molar-refractivity contribution in [2.45, 2.75) is 19.4 Å². The van der Waals surface area contributed by atoms with Crippen LogP contribution in [0.5, 0.6) is 0 Å². The molecule has 1 aromatic carbocycles. The van der Waals surface area contributed by atoms with E-state index in [2.05, 4.69) is 34.1 Å². The third kappa shape index (κ3) is 4.20. The molecule has 0 saturated heterocycles. The standard InChI is InChI=1S/C15H19N3O2/c1-17(9-2-3-15(19)20)11-13-4-6-14(7-5-13)18-10-8-16-12-18/h4-8,10,12H,2-3,9,11H2,1H3,(H,19,20). The number of aromatic nitrogens is 2. The van der Waals surface area contributed by atoms with Crippen molar-refractivity contribution in [1.82, 2.24) is 14.5 Å². The minimum Gasteiger partial charge on any atom is -0.481 e. The Morgan fingerprint density at radius 3 is 2.70 bits per heavy atom. The van der Waals surface area contributed by atoms with Crippen LogP contribution in [0.1, 0.15) is 18.4 Å². The summed E-state index contributed by atoms with van der Waals surface area (Å²) in [5.74, 6) is -0.733. The zero-order chi connectivity index (χ0) is 14.4. The lowest BCUT2D eigenvalue weighted by atomic mass is 10.2. The molecule has 0 aliphatic heterocycles. The Hall–Kier alpha value is -2.14. The smallest absolute Gasteiger partial charge is 0.303 e. The molecule has 20 heavy (non-hydrogen) atoms. The summed E-state index contributed by atoms with van der Waals surface area (Å²) in [6.07, 6.45) is 6.34. The van der Waals surface area contributed by atoms with Gasteiger partial charge < -0.3 is 14.6 Å². The van der Waals surface area contributed by atoms with Gasteiger partial charge in [0.1, 0.15) is 0 Å². The molecule has 106 valence electrons. The molecule has 0 atom stereocenters. The number of nitrogens with zero attached hydrogens (tertiary/aromatic N) is 3. The fraction of sp³-hybridized carbons (Fsp3) is 0.333. The molecule has 0 spiro atoms.